The van der Waals surface area contributed by atoms with Crippen LogP contribution in [0, 0.1) is 0 Å². The van der Waals surface area contributed by atoms with Gasteiger partial charge in [0.25, 0.3) is 0 Å². The molecule has 2 aromatic heterocycles. The molecule has 0 atom stereocenters. The van der Waals surface area contributed by atoms with E-state index in [9.17, 15) is 0 Å². The van der Waals surface area contributed by atoms with Crippen molar-refractivity contribution < 1.29 is 4.42 Å². The molecule has 4 heteroatoms. The van der Waals surface area contributed by atoms with Crippen LogP contribution in [0.1, 0.15) is 5.56 Å². The zero-order valence-corrected chi connectivity index (χ0v) is 27.4. The molecule has 0 bridgehead atoms. The van der Waals surface area contributed by atoms with Crippen molar-refractivity contribution >= 4 is 82.7 Å². The number of benzene rings is 8. The minimum atomic E-state index is 0.769. The molecule has 0 amide bonds. The minimum absolute atomic E-state index is 0.769. The molecule has 0 fully saturated rings. The van der Waals surface area contributed by atoms with Crippen LogP contribution in [0.25, 0.3) is 82.1 Å². The average molecular weight is 647 g/mol. The summed E-state index contributed by atoms with van der Waals surface area (Å²) in [6.45, 7) is 0. The normalized spacial score (nSPS) is 11.9. The Bertz CT molecular complexity index is 2900. The fraction of sp³-hybridized carbons (Fsp3) is 0.0222. The molecule has 232 valence electrons. The van der Waals surface area contributed by atoms with Crippen molar-refractivity contribution in [1.82, 2.24) is 4.57 Å². The zero-order chi connectivity index (χ0) is 32.5. The maximum atomic E-state index is 6.68. The van der Waals surface area contributed by atoms with E-state index in [1.165, 1.54) is 54.5 Å². The summed E-state index contributed by atoms with van der Waals surface area (Å²) in [6, 6.07) is 56.4. The van der Waals surface area contributed by atoms with Crippen LogP contribution in [0.2, 0.25) is 0 Å². The Hall–Kier alpha value is -5.97. The van der Waals surface area contributed by atoms with Gasteiger partial charge in [-0.2, -0.15) is 0 Å². The van der Waals surface area contributed by atoms with Gasteiger partial charge < -0.3 is 14.7 Å². The lowest BCUT2D eigenvalue weighted by molar-refractivity contribution is 0.668. The standard InChI is InChI=1S/C45H30N2OS/c46-38-21-24-42-44(37-26-33(18-23-41(37)48-42)32-16-15-29-7-1-2-9-31(29)25-32)45(38)49-27-28-13-19-34(20-14-28)47-39-12-6-5-11-36(39)43-35-10-4-3-8-30(35)17-22-40(43)47/h1-26H,27,46H2. The van der Waals surface area contributed by atoms with Gasteiger partial charge in [0.1, 0.15) is 11.2 Å². The molecular weight excluding hydrogens is 617 g/mol. The highest BCUT2D eigenvalue weighted by Crippen LogP contribution is 2.42. The van der Waals surface area contributed by atoms with E-state index < -0.39 is 0 Å². The summed E-state index contributed by atoms with van der Waals surface area (Å²) in [5.74, 6) is 0.790. The average Bonchev–Trinajstić information content (AvgIpc) is 3.70. The Kier molecular flexibility index (Phi) is 6.33. The molecule has 10 aromatic rings. The number of fused-ring (bicyclic) bond motifs is 9. The van der Waals surface area contributed by atoms with Crippen LogP contribution in [0.4, 0.5) is 5.69 Å². The van der Waals surface area contributed by atoms with Crippen molar-refractivity contribution in [3.05, 3.63) is 163 Å². The number of hydrogen-bond acceptors (Lipinski definition) is 3. The van der Waals surface area contributed by atoms with Gasteiger partial charge in [-0.05, 0) is 92.8 Å². The molecule has 0 aliphatic rings. The van der Waals surface area contributed by atoms with Crippen LogP contribution in [0.3, 0.4) is 0 Å². The topological polar surface area (TPSA) is 44.1 Å². The first-order valence-corrected chi connectivity index (χ1v) is 17.6. The van der Waals surface area contributed by atoms with E-state index >= 15 is 0 Å². The number of rotatable bonds is 5. The van der Waals surface area contributed by atoms with Gasteiger partial charge in [0.05, 0.1) is 11.0 Å². The number of nitrogens with two attached hydrogens (primary N) is 1. The smallest absolute Gasteiger partial charge is 0.136 e. The molecular formula is C45H30N2OS. The predicted octanol–water partition coefficient (Wildman–Crippen LogP) is 12.5. The molecule has 0 unspecified atom stereocenters. The van der Waals surface area contributed by atoms with E-state index in [1.807, 2.05) is 12.1 Å². The number of hydrogen-bond donors (Lipinski definition) is 1. The summed E-state index contributed by atoms with van der Waals surface area (Å²) in [7, 11) is 0. The Morgan fingerprint density at radius 2 is 1.20 bits per heavy atom. The Morgan fingerprint density at radius 3 is 2.08 bits per heavy atom. The van der Waals surface area contributed by atoms with E-state index in [-0.39, 0.29) is 0 Å². The second kappa shape index (κ2) is 11.0. The van der Waals surface area contributed by atoms with Crippen molar-refractivity contribution in [2.75, 3.05) is 5.73 Å². The van der Waals surface area contributed by atoms with Crippen LogP contribution in [-0.4, -0.2) is 4.57 Å². The first kappa shape index (κ1) is 28.1. The van der Waals surface area contributed by atoms with Crippen molar-refractivity contribution in [1.29, 1.82) is 0 Å². The fourth-order valence-electron chi connectivity index (χ4n) is 7.47. The lowest BCUT2D eigenvalue weighted by Crippen LogP contribution is -1.94. The van der Waals surface area contributed by atoms with Crippen molar-refractivity contribution in [3.63, 3.8) is 0 Å². The van der Waals surface area contributed by atoms with Gasteiger partial charge in [0.15, 0.2) is 0 Å². The van der Waals surface area contributed by atoms with Crippen molar-refractivity contribution in [2.45, 2.75) is 10.6 Å². The Balaban J connectivity index is 1.01. The Morgan fingerprint density at radius 1 is 0.510 bits per heavy atom. The monoisotopic (exact) mass is 646 g/mol. The summed E-state index contributed by atoms with van der Waals surface area (Å²) in [6.07, 6.45) is 0. The van der Waals surface area contributed by atoms with Gasteiger partial charge in [-0.25, -0.2) is 0 Å². The van der Waals surface area contributed by atoms with E-state index in [1.54, 1.807) is 11.8 Å². The lowest BCUT2D eigenvalue weighted by Gasteiger charge is -2.11. The number of nitrogen functional groups attached to an aromatic ring is 1. The first-order valence-electron chi connectivity index (χ1n) is 16.6. The lowest BCUT2D eigenvalue weighted by atomic mass is 9.99. The number of para-hydroxylation sites is 1. The van der Waals surface area contributed by atoms with E-state index in [0.717, 1.165) is 49.5 Å². The molecule has 0 saturated heterocycles. The number of thioether (sulfide) groups is 1. The third-order valence-electron chi connectivity index (χ3n) is 9.84. The highest BCUT2D eigenvalue weighted by molar-refractivity contribution is 7.99. The summed E-state index contributed by atoms with van der Waals surface area (Å²) in [4.78, 5) is 1.06. The Labute approximate surface area is 287 Å². The number of aromatic nitrogens is 1. The number of furan rings is 1. The van der Waals surface area contributed by atoms with Crippen LogP contribution in [-0.2, 0) is 5.75 Å². The van der Waals surface area contributed by atoms with Gasteiger partial charge in [0, 0.05) is 43.6 Å². The summed E-state index contributed by atoms with van der Waals surface area (Å²) >= 11 is 1.77. The minimum Gasteiger partial charge on any atom is -0.456 e. The number of anilines is 1. The van der Waals surface area contributed by atoms with Crippen LogP contribution >= 0.6 is 11.8 Å². The van der Waals surface area contributed by atoms with E-state index in [2.05, 4.69) is 150 Å². The van der Waals surface area contributed by atoms with Gasteiger partial charge in [-0.1, -0.05) is 103 Å². The fourth-order valence-corrected chi connectivity index (χ4v) is 8.56. The van der Waals surface area contributed by atoms with Crippen LogP contribution < -0.4 is 5.73 Å². The summed E-state index contributed by atoms with van der Waals surface area (Å²) in [5.41, 5.74) is 16.3. The molecule has 49 heavy (non-hydrogen) atoms. The first-order chi connectivity index (χ1) is 24.2. The molecule has 0 aliphatic heterocycles. The zero-order valence-electron chi connectivity index (χ0n) is 26.6. The molecule has 8 aromatic carbocycles. The van der Waals surface area contributed by atoms with Gasteiger partial charge >= 0.3 is 0 Å². The molecule has 2 N–H and O–H groups in total. The molecule has 2 heterocycles. The predicted molar refractivity (Wildman–Crippen MR) is 209 cm³/mol. The van der Waals surface area contributed by atoms with Gasteiger partial charge in [0.2, 0.25) is 0 Å². The van der Waals surface area contributed by atoms with Crippen molar-refractivity contribution in [2.24, 2.45) is 0 Å². The highest BCUT2D eigenvalue weighted by Gasteiger charge is 2.17. The second-order valence-corrected chi connectivity index (χ2v) is 13.7. The highest BCUT2D eigenvalue weighted by atomic mass is 32.2. The quantitative estimate of drug-likeness (QED) is 0.149. The van der Waals surface area contributed by atoms with Gasteiger partial charge in [-0.15, -0.1) is 11.8 Å². The molecule has 0 aliphatic carbocycles. The van der Waals surface area contributed by atoms with Gasteiger partial charge in [-0.3, -0.25) is 0 Å². The maximum Gasteiger partial charge on any atom is 0.136 e. The molecule has 0 radical (unpaired) electrons. The third kappa shape index (κ3) is 4.52. The largest absolute Gasteiger partial charge is 0.456 e. The second-order valence-electron chi connectivity index (χ2n) is 12.7. The van der Waals surface area contributed by atoms with E-state index in [4.69, 9.17) is 10.2 Å². The maximum absolute atomic E-state index is 6.68. The van der Waals surface area contributed by atoms with E-state index in [0.29, 0.717) is 0 Å². The summed E-state index contributed by atoms with van der Waals surface area (Å²) < 4.78 is 8.73. The molecule has 0 spiro atoms. The van der Waals surface area contributed by atoms with Crippen molar-refractivity contribution in [3.8, 4) is 16.8 Å². The molecule has 10 rings (SSSR count). The molecule has 3 nitrogen and oxygen atoms in total. The van der Waals surface area contributed by atoms with Crippen LogP contribution in [0.5, 0.6) is 0 Å². The number of nitrogens with zero attached hydrogens (tertiary/aromatic N) is 1. The SMILES string of the molecule is Nc1ccc2oc3ccc(-c4ccc5ccccc5c4)cc3c2c1SCc1ccc(-n2c3ccccc3c3c4ccccc4ccc32)cc1. The third-order valence-corrected chi connectivity index (χ3v) is 11.0. The molecule has 0 saturated carbocycles. The van der Waals surface area contributed by atoms with Crippen LogP contribution in [0.15, 0.2) is 167 Å². The summed E-state index contributed by atoms with van der Waals surface area (Å²) in [5, 5.41) is 9.75.